The van der Waals surface area contributed by atoms with Crippen molar-refractivity contribution in [3.05, 3.63) is 36.7 Å². The van der Waals surface area contributed by atoms with Gasteiger partial charge >= 0.3 is 0 Å². The molecule has 2 heterocycles. The normalized spacial score (nSPS) is 27.4. The summed E-state index contributed by atoms with van der Waals surface area (Å²) in [6.45, 7) is 4.41. The van der Waals surface area contributed by atoms with Crippen LogP contribution in [0, 0.1) is 0 Å². The molecule has 1 aliphatic heterocycles. The van der Waals surface area contributed by atoms with Crippen molar-refractivity contribution in [1.82, 2.24) is 14.8 Å². The van der Waals surface area contributed by atoms with Crippen LogP contribution in [0.4, 0.5) is 0 Å². The fourth-order valence-electron chi connectivity index (χ4n) is 4.07. The van der Waals surface area contributed by atoms with Crippen molar-refractivity contribution in [3.8, 4) is 0 Å². The van der Waals surface area contributed by atoms with Crippen LogP contribution in [-0.2, 0) is 11.8 Å². The van der Waals surface area contributed by atoms with E-state index in [-0.39, 0.29) is 23.4 Å². The third-order valence-electron chi connectivity index (χ3n) is 5.42. The number of amides is 2. The van der Waals surface area contributed by atoms with Crippen LogP contribution in [0.1, 0.15) is 49.0 Å². The van der Waals surface area contributed by atoms with Gasteiger partial charge in [-0.1, -0.05) is 6.08 Å². The highest BCUT2D eigenvalue weighted by Gasteiger charge is 2.46. The Hall–Kier alpha value is -2.04. The van der Waals surface area contributed by atoms with Gasteiger partial charge in [0.05, 0.1) is 0 Å². The SMILES string of the molecule is C=CCN1C(=O)CCC12CCC(NC(=O)c1cccn1C)CC2. The van der Waals surface area contributed by atoms with Gasteiger partial charge in [-0.15, -0.1) is 6.58 Å². The van der Waals surface area contributed by atoms with Crippen molar-refractivity contribution in [2.24, 2.45) is 7.05 Å². The molecule has 2 amide bonds. The number of hydrogen-bond donors (Lipinski definition) is 1. The highest BCUT2D eigenvalue weighted by molar-refractivity contribution is 5.92. The monoisotopic (exact) mass is 315 g/mol. The maximum absolute atomic E-state index is 12.3. The minimum Gasteiger partial charge on any atom is -0.348 e. The quantitative estimate of drug-likeness (QED) is 0.867. The van der Waals surface area contributed by atoms with Gasteiger partial charge in [0.15, 0.2) is 0 Å². The summed E-state index contributed by atoms with van der Waals surface area (Å²) in [5.41, 5.74) is 0.687. The molecule has 1 saturated carbocycles. The molecule has 1 spiro atoms. The molecule has 23 heavy (non-hydrogen) atoms. The average Bonchev–Trinajstić information content (AvgIpc) is 3.09. The molecule has 1 N–H and O–H groups in total. The van der Waals surface area contributed by atoms with E-state index < -0.39 is 0 Å². The lowest BCUT2D eigenvalue weighted by atomic mass is 9.77. The minimum atomic E-state index is -0.0103. The summed E-state index contributed by atoms with van der Waals surface area (Å²) in [6.07, 6.45) is 9.06. The number of rotatable bonds is 4. The molecule has 2 aliphatic rings. The molecule has 1 aliphatic carbocycles. The molecular formula is C18H25N3O2. The number of carbonyl (C=O) groups excluding carboxylic acids is 2. The first-order valence-electron chi connectivity index (χ1n) is 8.39. The summed E-state index contributed by atoms with van der Waals surface area (Å²) in [6, 6.07) is 3.91. The van der Waals surface area contributed by atoms with Gasteiger partial charge in [-0.25, -0.2) is 0 Å². The number of nitrogens with one attached hydrogen (secondary N) is 1. The molecule has 3 rings (SSSR count). The second kappa shape index (κ2) is 6.22. The van der Waals surface area contributed by atoms with E-state index in [4.69, 9.17) is 0 Å². The zero-order valence-electron chi connectivity index (χ0n) is 13.8. The minimum absolute atomic E-state index is 0.00251. The first-order chi connectivity index (χ1) is 11.1. The van der Waals surface area contributed by atoms with Gasteiger partial charge in [-0.05, 0) is 44.2 Å². The molecule has 1 aromatic heterocycles. The van der Waals surface area contributed by atoms with Gasteiger partial charge in [0, 0.05) is 37.8 Å². The van der Waals surface area contributed by atoms with Gasteiger partial charge in [-0.3, -0.25) is 9.59 Å². The maximum Gasteiger partial charge on any atom is 0.268 e. The van der Waals surface area contributed by atoms with Crippen LogP contribution < -0.4 is 5.32 Å². The molecule has 0 atom stereocenters. The summed E-state index contributed by atoms with van der Waals surface area (Å²) in [7, 11) is 1.88. The molecule has 1 aromatic rings. The van der Waals surface area contributed by atoms with Crippen molar-refractivity contribution in [1.29, 1.82) is 0 Å². The van der Waals surface area contributed by atoms with Crippen LogP contribution in [-0.4, -0.2) is 39.4 Å². The number of likely N-dealkylation sites (tertiary alicyclic amines) is 1. The van der Waals surface area contributed by atoms with E-state index in [1.165, 1.54) is 0 Å². The van der Waals surface area contributed by atoms with Crippen LogP contribution in [0.15, 0.2) is 31.0 Å². The van der Waals surface area contributed by atoms with Gasteiger partial charge in [0.25, 0.3) is 5.91 Å². The Morgan fingerprint density at radius 3 is 2.78 bits per heavy atom. The molecule has 5 heteroatoms. The van der Waals surface area contributed by atoms with Crippen molar-refractivity contribution in [3.63, 3.8) is 0 Å². The Balaban J connectivity index is 1.60. The standard InChI is InChI=1S/C18H25N3O2/c1-3-12-21-16(22)8-11-18(21)9-6-14(7-10-18)19-17(23)15-5-4-13-20(15)2/h3-5,13-14H,1,6-12H2,2H3,(H,19,23). The Bertz CT molecular complexity index is 612. The van der Waals surface area contributed by atoms with Gasteiger partial charge in [0.1, 0.15) is 5.69 Å². The Morgan fingerprint density at radius 1 is 1.43 bits per heavy atom. The molecule has 5 nitrogen and oxygen atoms in total. The first-order valence-corrected chi connectivity index (χ1v) is 8.39. The third kappa shape index (κ3) is 2.92. The Morgan fingerprint density at radius 2 is 2.17 bits per heavy atom. The number of aromatic nitrogens is 1. The number of carbonyl (C=O) groups is 2. The van der Waals surface area contributed by atoms with Crippen molar-refractivity contribution in [2.45, 2.75) is 50.1 Å². The van der Waals surface area contributed by atoms with E-state index >= 15 is 0 Å². The first kappa shape index (κ1) is 15.8. The fraction of sp³-hybridized carbons (Fsp3) is 0.556. The van der Waals surface area contributed by atoms with Gasteiger partial charge in [-0.2, -0.15) is 0 Å². The lowest BCUT2D eigenvalue weighted by Gasteiger charge is -2.43. The van der Waals surface area contributed by atoms with E-state index in [1.807, 2.05) is 40.9 Å². The zero-order valence-corrected chi connectivity index (χ0v) is 13.8. The third-order valence-corrected chi connectivity index (χ3v) is 5.42. The molecule has 0 bridgehead atoms. The summed E-state index contributed by atoms with van der Waals surface area (Å²) < 4.78 is 1.83. The Kier molecular flexibility index (Phi) is 4.28. The number of hydrogen-bond acceptors (Lipinski definition) is 2. The summed E-state index contributed by atoms with van der Waals surface area (Å²) in [4.78, 5) is 26.4. The van der Waals surface area contributed by atoms with Gasteiger partial charge < -0.3 is 14.8 Å². The van der Waals surface area contributed by atoms with E-state index in [0.29, 0.717) is 18.7 Å². The van der Waals surface area contributed by atoms with E-state index in [0.717, 1.165) is 32.1 Å². The number of aryl methyl sites for hydroxylation is 1. The maximum atomic E-state index is 12.3. The summed E-state index contributed by atoms with van der Waals surface area (Å²) >= 11 is 0. The molecule has 1 saturated heterocycles. The van der Waals surface area contributed by atoms with Crippen molar-refractivity contribution in [2.75, 3.05) is 6.54 Å². The topological polar surface area (TPSA) is 54.3 Å². The highest BCUT2D eigenvalue weighted by atomic mass is 16.2. The van der Waals surface area contributed by atoms with Crippen LogP contribution in [0.3, 0.4) is 0 Å². The molecule has 0 aromatic carbocycles. The van der Waals surface area contributed by atoms with Crippen molar-refractivity contribution >= 4 is 11.8 Å². The zero-order chi connectivity index (χ0) is 16.4. The average molecular weight is 315 g/mol. The molecule has 0 unspecified atom stereocenters. The second-order valence-corrected chi connectivity index (χ2v) is 6.77. The molecule has 124 valence electrons. The second-order valence-electron chi connectivity index (χ2n) is 6.77. The van der Waals surface area contributed by atoms with Crippen LogP contribution in [0.25, 0.3) is 0 Å². The predicted molar refractivity (Wildman–Crippen MR) is 89.0 cm³/mol. The molecule has 2 fully saturated rings. The van der Waals surface area contributed by atoms with Crippen molar-refractivity contribution < 1.29 is 9.59 Å². The van der Waals surface area contributed by atoms with E-state index in [2.05, 4.69) is 11.9 Å². The number of nitrogens with zero attached hydrogens (tertiary/aromatic N) is 2. The van der Waals surface area contributed by atoms with Crippen LogP contribution in [0.5, 0.6) is 0 Å². The predicted octanol–water partition coefficient (Wildman–Crippen LogP) is 2.24. The smallest absolute Gasteiger partial charge is 0.268 e. The summed E-state index contributed by atoms with van der Waals surface area (Å²) in [5.74, 6) is 0.236. The lowest BCUT2D eigenvalue weighted by Crippen LogP contribution is -2.51. The van der Waals surface area contributed by atoms with Crippen LogP contribution in [0.2, 0.25) is 0 Å². The van der Waals surface area contributed by atoms with E-state index in [1.54, 1.807) is 0 Å². The van der Waals surface area contributed by atoms with Crippen LogP contribution >= 0.6 is 0 Å². The molecular weight excluding hydrogens is 290 g/mol. The molecule has 0 radical (unpaired) electrons. The largest absolute Gasteiger partial charge is 0.348 e. The highest BCUT2D eigenvalue weighted by Crippen LogP contribution is 2.42. The van der Waals surface area contributed by atoms with Gasteiger partial charge in [0.2, 0.25) is 5.91 Å². The summed E-state index contributed by atoms with van der Waals surface area (Å²) in [5, 5.41) is 3.14. The van der Waals surface area contributed by atoms with E-state index in [9.17, 15) is 9.59 Å². The Labute approximate surface area is 137 Å². The lowest BCUT2D eigenvalue weighted by molar-refractivity contribution is -0.131. The fourth-order valence-corrected chi connectivity index (χ4v) is 4.07.